The van der Waals surface area contributed by atoms with Crippen molar-refractivity contribution in [3.8, 4) is 61.6 Å². The third-order valence-electron chi connectivity index (χ3n) is 10.6. The summed E-state index contributed by atoms with van der Waals surface area (Å²) in [5.74, 6) is 0. The molecule has 0 bridgehead atoms. The molecule has 0 unspecified atom stereocenters. The molecule has 0 amide bonds. The highest BCUT2D eigenvalue weighted by Crippen LogP contribution is 2.47. The van der Waals surface area contributed by atoms with Gasteiger partial charge in [-0.2, -0.15) is 0 Å². The van der Waals surface area contributed by atoms with Crippen molar-refractivity contribution in [3.63, 3.8) is 0 Å². The molecule has 1 heteroatoms. The maximum Gasteiger partial charge on any atom is 0.0535 e. The standard InChI is InChI=1S/C52H35N/c1-4-17-37(18-5-1)43-24-12-13-25-44(43)52-46-27-15-14-26-45(46)51(41-29-28-36-16-10-11-23-40(36)34-41)48-35-42(30-31-47(48)52)53-49(38-19-6-2-7-20-38)32-33-50(53)39-21-8-3-9-22-39/h1-35H. The number of fused-ring (bicyclic) bond motifs is 3. The number of hydrogen-bond donors (Lipinski definition) is 0. The molecular weight excluding hydrogens is 639 g/mol. The summed E-state index contributed by atoms with van der Waals surface area (Å²) < 4.78 is 2.43. The number of nitrogens with zero attached hydrogens (tertiary/aromatic N) is 1. The second-order valence-corrected chi connectivity index (χ2v) is 13.7. The summed E-state index contributed by atoms with van der Waals surface area (Å²) in [5, 5.41) is 7.42. The quantitative estimate of drug-likeness (QED) is 0.155. The molecule has 0 atom stereocenters. The molecular formula is C52H35N. The van der Waals surface area contributed by atoms with E-state index in [1.54, 1.807) is 0 Å². The third kappa shape index (κ3) is 5.34. The summed E-state index contributed by atoms with van der Waals surface area (Å²) in [6.45, 7) is 0. The van der Waals surface area contributed by atoms with Gasteiger partial charge in [0.05, 0.1) is 11.4 Å². The van der Waals surface area contributed by atoms with Crippen molar-refractivity contribution in [2.75, 3.05) is 0 Å². The van der Waals surface area contributed by atoms with Crippen LogP contribution < -0.4 is 0 Å². The van der Waals surface area contributed by atoms with Gasteiger partial charge in [-0.05, 0) is 107 Å². The van der Waals surface area contributed by atoms with Gasteiger partial charge in [0.1, 0.15) is 0 Å². The first kappa shape index (κ1) is 30.8. The van der Waals surface area contributed by atoms with Crippen LogP contribution in [0.3, 0.4) is 0 Å². The largest absolute Gasteiger partial charge is 0.309 e. The third-order valence-corrected chi connectivity index (χ3v) is 10.6. The van der Waals surface area contributed by atoms with E-state index < -0.39 is 0 Å². The van der Waals surface area contributed by atoms with Crippen molar-refractivity contribution >= 4 is 32.3 Å². The summed E-state index contributed by atoms with van der Waals surface area (Å²) in [6, 6.07) is 77.3. The van der Waals surface area contributed by atoms with Crippen molar-refractivity contribution in [2.24, 2.45) is 0 Å². The molecule has 0 aliphatic carbocycles. The summed E-state index contributed by atoms with van der Waals surface area (Å²) in [7, 11) is 0. The molecule has 0 N–H and O–H groups in total. The molecule has 9 aromatic carbocycles. The van der Waals surface area contributed by atoms with Crippen LogP contribution in [0.2, 0.25) is 0 Å². The SMILES string of the molecule is c1ccc(-c2ccccc2-c2c3ccccc3c(-c3ccc4ccccc4c3)c3cc(-n4c(-c5ccccc5)ccc4-c4ccccc4)ccc23)cc1. The molecule has 1 aromatic heterocycles. The Balaban J connectivity index is 1.33. The van der Waals surface area contributed by atoms with Crippen LogP contribution in [-0.2, 0) is 0 Å². The molecule has 0 radical (unpaired) electrons. The number of hydrogen-bond acceptors (Lipinski definition) is 0. The Bertz CT molecular complexity index is 2860. The van der Waals surface area contributed by atoms with Gasteiger partial charge in [0.25, 0.3) is 0 Å². The van der Waals surface area contributed by atoms with Crippen LogP contribution in [0.4, 0.5) is 0 Å². The molecule has 248 valence electrons. The van der Waals surface area contributed by atoms with Crippen LogP contribution in [0, 0.1) is 0 Å². The highest BCUT2D eigenvalue weighted by atomic mass is 15.0. The van der Waals surface area contributed by atoms with Crippen LogP contribution in [0.5, 0.6) is 0 Å². The first-order chi connectivity index (χ1) is 26.3. The fraction of sp³-hybridized carbons (Fsp3) is 0. The summed E-state index contributed by atoms with van der Waals surface area (Å²) in [5.41, 5.74) is 13.2. The van der Waals surface area contributed by atoms with Crippen molar-refractivity contribution in [1.82, 2.24) is 4.57 Å². The van der Waals surface area contributed by atoms with Crippen LogP contribution >= 0.6 is 0 Å². The van der Waals surface area contributed by atoms with Gasteiger partial charge in [-0.25, -0.2) is 0 Å². The van der Waals surface area contributed by atoms with Crippen LogP contribution in [0.25, 0.3) is 93.9 Å². The zero-order chi connectivity index (χ0) is 35.1. The average Bonchev–Trinajstić information content (AvgIpc) is 3.69. The van der Waals surface area contributed by atoms with Gasteiger partial charge >= 0.3 is 0 Å². The van der Waals surface area contributed by atoms with Gasteiger partial charge in [-0.3, -0.25) is 0 Å². The molecule has 0 saturated heterocycles. The first-order valence-electron chi connectivity index (χ1n) is 18.3. The molecule has 10 aromatic rings. The number of rotatable bonds is 6. The monoisotopic (exact) mass is 673 g/mol. The maximum atomic E-state index is 2.43. The molecule has 0 aliphatic heterocycles. The minimum absolute atomic E-state index is 1.12. The molecule has 0 saturated carbocycles. The topological polar surface area (TPSA) is 4.93 Å². The Morgan fingerprint density at radius 1 is 0.264 bits per heavy atom. The lowest BCUT2D eigenvalue weighted by atomic mass is 9.83. The second-order valence-electron chi connectivity index (χ2n) is 13.7. The average molecular weight is 674 g/mol. The molecule has 0 aliphatic rings. The van der Waals surface area contributed by atoms with Gasteiger partial charge in [0, 0.05) is 5.69 Å². The van der Waals surface area contributed by atoms with Gasteiger partial charge < -0.3 is 4.57 Å². The Kier molecular flexibility index (Phi) is 7.55. The van der Waals surface area contributed by atoms with Crippen molar-refractivity contribution in [1.29, 1.82) is 0 Å². The maximum absolute atomic E-state index is 2.43. The van der Waals surface area contributed by atoms with Crippen molar-refractivity contribution < 1.29 is 0 Å². The lowest BCUT2D eigenvalue weighted by Gasteiger charge is -2.22. The molecule has 53 heavy (non-hydrogen) atoms. The smallest absolute Gasteiger partial charge is 0.0535 e. The van der Waals surface area contributed by atoms with E-state index in [0.717, 1.165) is 17.1 Å². The molecule has 0 spiro atoms. The Hall–Kier alpha value is -6.96. The molecule has 1 nitrogen and oxygen atoms in total. The predicted octanol–water partition coefficient (Wildman–Crippen LogP) is 14.3. The molecule has 10 rings (SSSR count). The minimum atomic E-state index is 1.12. The van der Waals surface area contributed by atoms with Crippen LogP contribution in [0.15, 0.2) is 212 Å². The predicted molar refractivity (Wildman–Crippen MR) is 225 cm³/mol. The van der Waals surface area contributed by atoms with E-state index in [1.807, 2.05) is 0 Å². The Morgan fingerprint density at radius 2 is 0.774 bits per heavy atom. The zero-order valence-corrected chi connectivity index (χ0v) is 29.2. The summed E-state index contributed by atoms with van der Waals surface area (Å²) in [6.07, 6.45) is 0. The van der Waals surface area contributed by atoms with Gasteiger partial charge in [0.15, 0.2) is 0 Å². The highest BCUT2D eigenvalue weighted by molar-refractivity contribution is 6.23. The Labute approximate surface area is 309 Å². The van der Waals surface area contributed by atoms with Crippen LogP contribution in [-0.4, -0.2) is 4.57 Å². The van der Waals surface area contributed by atoms with E-state index in [4.69, 9.17) is 0 Å². The van der Waals surface area contributed by atoms with E-state index in [2.05, 4.69) is 217 Å². The minimum Gasteiger partial charge on any atom is -0.309 e. The Morgan fingerprint density at radius 3 is 1.43 bits per heavy atom. The van der Waals surface area contributed by atoms with Gasteiger partial charge in [-0.1, -0.05) is 182 Å². The molecule has 0 fully saturated rings. The highest BCUT2D eigenvalue weighted by Gasteiger charge is 2.21. The first-order valence-corrected chi connectivity index (χ1v) is 18.3. The van der Waals surface area contributed by atoms with Crippen molar-refractivity contribution in [3.05, 3.63) is 212 Å². The van der Waals surface area contributed by atoms with E-state index in [9.17, 15) is 0 Å². The second kappa shape index (κ2) is 13.0. The summed E-state index contributed by atoms with van der Waals surface area (Å²) >= 11 is 0. The van der Waals surface area contributed by atoms with E-state index in [0.29, 0.717) is 0 Å². The van der Waals surface area contributed by atoms with E-state index in [-0.39, 0.29) is 0 Å². The van der Waals surface area contributed by atoms with Crippen molar-refractivity contribution in [2.45, 2.75) is 0 Å². The summed E-state index contributed by atoms with van der Waals surface area (Å²) in [4.78, 5) is 0. The van der Waals surface area contributed by atoms with E-state index >= 15 is 0 Å². The number of benzene rings is 9. The normalized spacial score (nSPS) is 11.4. The van der Waals surface area contributed by atoms with Gasteiger partial charge in [0.2, 0.25) is 0 Å². The lowest BCUT2D eigenvalue weighted by molar-refractivity contribution is 1.10. The zero-order valence-electron chi connectivity index (χ0n) is 29.2. The van der Waals surface area contributed by atoms with E-state index in [1.165, 1.54) is 76.8 Å². The fourth-order valence-corrected chi connectivity index (χ4v) is 8.21. The molecule has 1 heterocycles. The lowest BCUT2D eigenvalue weighted by Crippen LogP contribution is -2.00. The fourth-order valence-electron chi connectivity index (χ4n) is 8.21. The van der Waals surface area contributed by atoms with Crippen LogP contribution in [0.1, 0.15) is 0 Å². The van der Waals surface area contributed by atoms with Gasteiger partial charge in [-0.15, -0.1) is 0 Å². The number of aromatic nitrogens is 1.